The molecule has 0 unspecified atom stereocenters. The molecule has 6 nitrogen and oxygen atoms in total. The summed E-state index contributed by atoms with van der Waals surface area (Å²) in [5, 5.41) is 4.90. The van der Waals surface area contributed by atoms with Crippen LogP contribution in [0.5, 0.6) is 0 Å². The number of thiazole rings is 1. The highest BCUT2D eigenvalue weighted by Gasteiger charge is 2.20. The minimum Gasteiger partial charge on any atom is -0.376 e. The van der Waals surface area contributed by atoms with Gasteiger partial charge in [0.05, 0.1) is 18.4 Å². The monoisotopic (exact) mass is 371 g/mol. The topological polar surface area (TPSA) is 64.9 Å². The molecule has 0 aliphatic carbocycles. The van der Waals surface area contributed by atoms with E-state index < -0.39 is 6.10 Å². The number of carbonyl (C=O) groups is 1. The van der Waals surface area contributed by atoms with E-state index in [1.54, 1.807) is 18.3 Å². The maximum atomic E-state index is 12.3. The number of nitrogens with zero attached hydrogens (tertiary/aromatic N) is 2. The lowest BCUT2D eigenvalue weighted by Gasteiger charge is -2.16. The molecule has 1 aromatic carbocycles. The van der Waals surface area contributed by atoms with Crippen molar-refractivity contribution in [3.8, 4) is 11.3 Å². The van der Waals surface area contributed by atoms with Crippen molar-refractivity contribution in [1.29, 1.82) is 0 Å². The van der Waals surface area contributed by atoms with Crippen molar-refractivity contribution in [2.45, 2.75) is 32.0 Å². The summed E-state index contributed by atoms with van der Waals surface area (Å²) in [7, 11) is 0. The van der Waals surface area contributed by atoms with Gasteiger partial charge in [0.15, 0.2) is 4.96 Å². The molecular formula is C19H21N3O3S. The number of anilines is 1. The normalized spacial score (nSPS) is 18.3. The highest BCUT2D eigenvalue weighted by atomic mass is 32.1. The van der Waals surface area contributed by atoms with Gasteiger partial charge in [0.1, 0.15) is 6.10 Å². The first-order chi connectivity index (χ1) is 12.7. The first kappa shape index (κ1) is 17.2. The average Bonchev–Trinajstić information content (AvgIpc) is 3.37. The molecular weight excluding hydrogens is 350 g/mol. The number of imidazole rings is 1. The van der Waals surface area contributed by atoms with Crippen molar-refractivity contribution >= 4 is 27.9 Å². The molecule has 1 amide bonds. The first-order valence-corrected chi connectivity index (χ1v) is 9.64. The Bertz CT molecular complexity index is 852. The zero-order valence-electron chi connectivity index (χ0n) is 14.6. The lowest BCUT2D eigenvalue weighted by molar-refractivity contribution is -0.128. The second kappa shape index (κ2) is 7.57. The van der Waals surface area contributed by atoms with Gasteiger partial charge in [-0.3, -0.25) is 9.20 Å². The van der Waals surface area contributed by atoms with Gasteiger partial charge in [-0.05, 0) is 31.9 Å². The Morgan fingerprint density at radius 3 is 3.04 bits per heavy atom. The standard InChI is InChI=1S/C19H21N3O3S/c1-13(25-12-16-3-2-9-24-16)18(23)20-15-6-4-14(5-7-15)17-11-22-8-10-26-19(22)21-17/h4-8,10-11,13,16H,2-3,9,12H2,1H3,(H,20,23)/t13-,16-/m0/s1. The fourth-order valence-electron chi connectivity index (χ4n) is 2.94. The zero-order valence-corrected chi connectivity index (χ0v) is 15.4. The number of fused-ring (bicyclic) bond motifs is 1. The SMILES string of the molecule is C[C@H](OC[C@@H]1CCCO1)C(=O)Nc1ccc(-c2cn3ccsc3n2)cc1. The molecule has 1 fully saturated rings. The Labute approximate surface area is 155 Å². The van der Waals surface area contributed by atoms with E-state index in [0.717, 1.165) is 41.4 Å². The second-order valence-corrected chi connectivity index (χ2v) is 7.27. The molecule has 26 heavy (non-hydrogen) atoms. The van der Waals surface area contributed by atoms with Crippen LogP contribution in [0.4, 0.5) is 5.69 Å². The Hall–Kier alpha value is -2.22. The van der Waals surface area contributed by atoms with Crippen LogP contribution in [0.3, 0.4) is 0 Å². The van der Waals surface area contributed by atoms with Gasteiger partial charge in [-0.15, -0.1) is 11.3 Å². The maximum absolute atomic E-state index is 12.3. The molecule has 1 aliphatic rings. The predicted octanol–water partition coefficient (Wildman–Crippen LogP) is 3.59. The second-order valence-electron chi connectivity index (χ2n) is 6.40. The number of rotatable bonds is 6. The van der Waals surface area contributed by atoms with Crippen LogP contribution in [0.1, 0.15) is 19.8 Å². The van der Waals surface area contributed by atoms with Gasteiger partial charge in [0.2, 0.25) is 0 Å². The lowest BCUT2D eigenvalue weighted by atomic mass is 10.1. The Morgan fingerprint density at radius 1 is 1.46 bits per heavy atom. The van der Waals surface area contributed by atoms with E-state index in [-0.39, 0.29) is 12.0 Å². The third-order valence-corrected chi connectivity index (χ3v) is 5.24. The van der Waals surface area contributed by atoms with E-state index in [0.29, 0.717) is 6.61 Å². The molecule has 3 heterocycles. The van der Waals surface area contributed by atoms with Crippen LogP contribution >= 0.6 is 11.3 Å². The fraction of sp³-hybridized carbons (Fsp3) is 0.368. The van der Waals surface area contributed by atoms with E-state index >= 15 is 0 Å². The summed E-state index contributed by atoms with van der Waals surface area (Å²) < 4.78 is 13.1. The van der Waals surface area contributed by atoms with Crippen LogP contribution in [0.25, 0.3) is 16.2 Å². The molecule has 4 rings (SSSR count). The van der Waals surface area contributed by atoms with Gasteiger partial charge >= 0.3 is 0 Å². The summed E-state index contributed by atoms with van der Waals surface area (Å²) in [6, 6.07) is 7.68. The molecule has 0 radical (unpaired) electrons. The van der Waals surface area contributed by atoms with Gasteiger partial charge in [-0.25, -0.2) is 4.98 Å². The number of ether oxygens (including phenoxy) is 2. The lowest BCUT2D eigenvalue weighted by Crippen LogP contribution is -2.30. The summed E-state index contributed by atoms with van der Waals surface area (Å²) in [5.41, 5.74) is 2.68. The molecule has 7 heteroatoms. The van der Waals surface area contributed by atoms with Crippen LogP contribution < -0.4 is 5.32 Å². The number of benzene rings is 1. The smallest absolute Gasteiger partial charge is 0.253 e. The number of amides is 1. The quantitative estimate of drug-likeness (QED) is 0.719. The number of hydrogen-bond donors (Lipinski definition) is 1. The van der Waals surface area contributed by atoms with Crippen LogP contribution in [-0.2, 0) is 14.3 Å². The Balaban J connectivity index is 1.34. The number of carbonyl (C=O) groups excluding carboxylic acids is 1. The van der Waals surface area contributed by atoms with E-state index in [1.807, 2.05) is 46.4 Å². The molecule has 0 spiro atoms. The molecule has 3 aromatic rings. The van der Waals surface area contributed by atoms with Crippen LogP contribution in [0.15, 0.2) is 42.0 Å². The summed E-state index contributed by atoms with van der Waals surface area (Å²) in [5.74, 6) is -0.154. The Kier molecular flexibility index (Phi) is 5.01. The third kappa shape index (κ3) is 3.80. The van der Waals surface area contributed by atoms with E-state index in [2.05, 4.69) is 10.3 Å². The summed E-state index contributed by atoms with van der Waals surface area (Å²) in [6.45, 7) is 3.01. The molecule has 1 aliphatic heterocycles. The molecule has 2 atom stereocenters. The van der Waals surface area contributed by atoms with Crippen molar-refractivity contribution in [3.05, 3.63) is 42.0 Å². The Morgan fingerprint density at radius 2 is 2.31 bits per heavy atom. The van der Waals surface area contributed by atoms with Crippen LogP contribution in [-0.4, -0.2) is 40.7 Å². The van der Waals surface area contributed by atoms with Gasteiger partial charge in [-0.2, -0.15) is 0 Å². The number of nitrogens with one attached hydrogen (secondary N) is 1. The fourth-order valence-corrected chi connectivity index (χ4v) is 3.64. The highest BCUT2D eigenvalue weighted by Crippen LogP contribution is 2.23. The minimum absolute atomic E-state index is 0.120. The van der Waals surface area contributed by atoms with Gasteiger partial charge in [0, 0.05) is 35.6 Å². The van der Waals surface area contributed by atoms with E-state index in [9.17, 15) is 4.79 Å². The van der Waals surface area contributed by atoms with Crippen molar-refractivity contribution < 1.29 is 14.3 Å². The third-order valence-electron chi connectivity index (χ3n) is 4.47. The van der Waals surface area contributed by atoms with Crippen LogP contribution in [0.2, 0.25) is 0 Å². The van der Waals surface area contributed by atoms with Crippen molar-refractivity contribution in [3.63, 3.8) is 0 Å². The van der Waals surface area contributed by atoms with Crippen molar-refractivity contribution in [2.75, 3.05) is 18.5 Å². The number of aromatic nitrogens is 2. The molecule has 2 aromatic heterocycles. The van der Waals surface area contributed by atoms with Gasteiger partial charge < -0.3 is 14.8 Å². The highest BCUT2D eigenvalue weighted by molar-refractivity contribution is 7.15. The minimum atomic E-state index is -0.515. The van der Waals surface area contributed by atoms with E-state index in [1.165, 1.54) is 0 Å². The maximum Gasteiger partial charge on any atom is 0.253 e. The molecule has 0 bridgehead atoms. The summed E-state index contributed by atoms with van der Waals surface area (Å²) >= 11 is 1.60. The largest absolute Gasteiger partial charge is 0.376 e. The molecule has 1 N–H and O–H groups in total. The van der Waals surface area contributed by atoms with Gasteiger partial charge in [0.25, 0.3) is 5.91 Å². The van der Waals surface area contributed by atoms with Crippen LogP contribution in [0, 0.1) is 0 Å². The van der Waals surface area contributed by atoms with Crippen molar-refractivity contribution in [2.24, 2.45) is 0 Å². The van der Waals surface area contributed by atoms with Gasteiger partial charge in [-0.1, -0.05) is 12.1 Å². The molecule has 0 saturated carbocycles. The van der Waals surface area contributed by atoms with E-state index in [4.69, 9.17) is 9.47 Å². The zero-order chi connectivity index (χ0) is 17.9. The van der Waals surface area contributed by atoms with Crippen molar-refractivity contribution in [1.82, 2.24) is 9.38 Å². The first-order valence-electron chi connectivity index (χ1n) is 8.76. The summed E-state index contributed by atoms with van der Waals surface area (Å²) in [6.07, 6.45) is 5.66. The molecule has 1 saturated heterocycles. The molecule has 136 valence electrons. The summed E-state index contributed by atoms with van der Waals surface area (Å²) in [4.78, 5) is 17.8. The predicted molar refractivity (Wildman–Crippen MR) is 102 cm³/mol. The average molecular weight is 371 g/mol. The number of hydrogen-bond acceptors (Lipinski definition) is 5.